The molecule has 3 N–H and O–H groups in total. The van der Waals surface area contributed by atoms with E-state index in [2.05, 4.69) is 38.0 Å². The van der Waals surface area contributed by atoms with E-state index in [1.54, 1.807) is 6.20 Å². The fourth-order valence-corrected chi connectivity index (χ4v) is 1.16. The predicted octanol–water partition coefficient (Wildman–Crippen LogP) is 3.07. The number of pyridine rings is 1. The van der Waals surface area contributed by atoms with Gasteiger partial charge in [-0.2, -0.15) is 0 Å². The van der Waals surface area contributed by atoms with Gasteiger partial charge in [-0.05, 0) is 23.8 Å². The first-order valence-electron chi connectivity index (χ1n) is 5.79. The number of aromatic nitrogens is 1. The van der Waals surface area contributed by atoms with Crippen LogP contribution in [0.4, 0.5) is 11.5 Å². The SMILES string of the molecule is Cc1cnc(NCC(C)(C)C(C)C)cc1N. The number of aryl methyl sites for hydroxylation is 1. The fourth-order valence-electron chi connectivity index (χ4n) is 1.16. The highest BCUT2D eigenvalue weighted by atomic mass is 15.0. The molecule has 16 heavy (non-hydrogen) atoms. The molecule has 0 aliphatic carbocycles. The molecule has 0 radical (unpaired) electrons. The Bertz CT molecular complexity index is 356. The molecule has 1 heterocycles. The molecule has 0 saturated heterocycles. The summed E-state index contributed by atoms with van der Waals surface area (Å²) < 4.78 is 0. The number of rotatable bonds is 4. The second-order valence-electron chi connectivity index (χ2n) is 5.42. The molecule has 90 valence electrons. The molecule has 0 saturated carbocycles. The normalized spacial score (nSPS) is 11.9. The van der Waals surface area contributed by atoms with Crippen LogP contribution >= 0.6 is 0 Å². The van der Waals surface area contributed by atoms with Crippen molar-refractivity contribution in [3.63, 3.8) is 0 Å². The zero-order valence-corrected chi connectivity index (χ0v) is 11.0. The second kappa shape index (κ2) is 4.73. The quantitative estimate of drug-likeness (QED) is 0.821. The number of nitrogens with zero attached hydrogens (tertiary/aromatic N) is 1. The lowest BCUT2D eigenvalue weighted by molar-refractivity contribution is 0.269. The van der Waals surface area contributed by atoms with Gasteiger partial charge in [-0.25, -0.2) is 4.98 Å². The van der Waals surface area contributed by atoms with Crippen molar-refractivity contribution in [2.75, 3.05) is 17.6 Å². The van der Waals surface area contributed by atoms with Crippen molar-refractivity contribution in [1.82, 2.24) is 4.98 Å². The number of anilines is 2. The van der Waals surface area contributed by atoms with Gasteiger partial charge in [0.15, 0.2) is 0 Å². The molecule has 1 aromatic heterocycles. The molecule has 0 atom stereocenters. The Balaban J connectivity index is 2.65. The first-order chi connectivity index (χ1) is 7.33. The maximum absolute atomic E-state index is 5.84. The lowest BCUT2D eigenvalue weighted by Crippen LogP contribution is -2.28. The summed E-state index contributed by atoms with van der Waals surface area (Å²) in [5.41, 5.74) is 7.90. The maximum Gasteiger partial charge on any atom is 0.127 e. The van der Waals surface area contributed by atoms with E-state index in [0.29, 0.717) is 5.92 Å². The van der Waals surface area contributed by atoms with Crippen LogP contribution in [-0.2, 0) is 0 Å². The number of nitrogens with one attached hydrogen (secondary N) is 1. The zero-order valence-electron chi connectivity index (χ0n) is 11.0. The van der Waals surface area contributed by atoms with E-state index in [0.717, 1.165) is 23.6 Å². The lowest BCUT2D eigenvalue weighted by Gasteiger charge is -2.29. The summed E-state index contributed by atoms with van der Waals surface area (Å²) in [4.78, 5) is 4.31. The number of nitrogens with two attached hydrogens (primary N) is 1. The highest BCUT2D eigenvalue weighted by Gasteiger charge is 2.21. The van der Waals surface area contributed by atoms with E-state index in [-0.39, 0.29) is 5.41 Å². The molecule has 0 aliphatic heterocycles. The Kier molecular flexibility index (Phi) is 3.79. The van der Waals surface area contributed by atoms with Gasteiger partial charge in [0, 0.05) is 24.5 Å². The van der Waals surface area contributed by atoms with Crippen LogP contribution in [0.25, 0.3) is 0 Å². The average Bonchev–Trinajstić information content (AvgIpc) is 2.20. The highest BCUT2D eigenvalue weighted by Crippen LogP contribution is 2.26. The Morgan fingerprint density at radius 3 is 2.56 bits per heavy atom. The van der Waals surface area contributed by atoms with Gasteiger partial charge in [-0.3, -0.25) is 0 Å². The minimum atomic E-state index is 0.251. The van der Waals surface area contributed by atoms with Gasteiger partial charge in [0.05, 0.1) is 0 Å². The summed E-state index contributed by atoms with van der Waals surface area (Å²) in [5.74, 6) is 1.49. The van der Waals surface area contributed by atoms with Crippen LogP contribution in [0.3, 0.4) is 0 Å². The van der Waals surface area contributed by atoms with Crippen LogP contribution in [0, 0.1) is 18.3 Å². The Labute approximate surface area is 98.5 Å². The van der Waals surface area contributed by atoms with Crippen molar-refractivity contribution in [3.8, 4) is 0 Å². The molecular weight excluding hydrogens is 198 g/mol. The van der Waals surface area contributed by atoms with Crippen LogP contribution in [-0.4, -0.2) is 11.5 Å². The van der Waals surface area contributed by atoms with Crippen molar-refractivity contribution >= 4 is 11.5 Å². The van der Waals surface area contributed by atoms with E-state index in [9.17, 15) is 0 Å². The second-order valence-corrected chi connectivity index (χ2v) is 5.42. The van der Waals surface area contributed by atoms with Crippen molar-refractivity contribution < 1.29 is 0 Å². The molecule has 0 aliphatic rings. The predicted molar refractivity (Wildman–Crippen MR) is 70.5 cm³/mol. The molecule has 0 unspecified atom stereocenters. The molecule has 3 nitrogen and oxygen atoms in total. The van der Waals surface area contributed by atoms with Gasteiger partial charge in [0.1, 0.15) is 5.82 Å². The highest BCUT2D eigenvalue weighted by molar-refractivity contribution is 5.53. The Morgan fingerprint density at radius 2 is 2.06 bits per heavy atom. The molecule has 1 aromatic rings. The first-order valence-corrected chi connectivity index (χ1v) is 5.79. The van der Waals surface area contributed by atoms with E-state index in [1.165, 1.54) is 0 Å². The Morgan fingerprint density at radius 1 is 1.44 bits per heavy atom. The fraction of sp³-hybridized carbons (Fsp3) is 0.615. The van der Waals surface area contributed by atoms with Gasteiger partial charge in [0.2, 0.25) is 0 Å². The summed E-state index contributed by atoms with van der Waals surface area (Å²) >= 11 is 0. The number of nitrogen functional groups attached to an aromatic ring is 1. The van der Waals surface area contributed by atoms with E-state index >= 15 is 0 Å². The van der Waals surface area contributed by atoms with Crippen LogP contribution in [0.15, 0.2) is 12.3 Å². The van der Waals surface area contributed by atoms with Gasteiger partial charge < -0.3 is 11.1 Å². The third-order valence-corrected chi connectivity index (χ3v) is 3.43. The van der Waals surface area contributed by atoms with E-state index in [4.69, 9.17) is 5.73 Å². The van der Waals surface area contributed by atoms with Crippen molar-refractivity contribution in [3.05, 3.63) is 17.8 Å². The zero-order chi connectivity index (χ0) is 12.3. The molecule has 1 rings (SSSR count). The van der Waals surface area contributed by atoms with Gasteiger partial charge in [-0.1, -0.05) is 27.7 Å². The molecule has 0 aromatic carbocycles. The minimum Gasteiger partial charge on any atom is -0.398 e. The average molecular weight is 221 g/mol. The molecule has 0 amide bonds. The van der Waals surface area contributed by atoms with E-state index in [1.807, 2.05) is 13.0 Å². The summed E-state index contributed by atoms with van der Waals surface area (Å²) in [5, 5.41) is 3.34. The standard InChI is InChI=1S/C13H23N3/c1-9(2)13(4,5)8-16-12-6-11(14)10(3)7-15-12/h6-7,9H,8H2,1-5H3,(H3,14,15,16). The molecule has 3 heteroatoms. The monoisotopic (exact) mass is 221 g/mol. The largest absolute Gasteiger partial charge is 0.398 e. The number of hydrogen-bond donors (Lipinski definition) is 2. The first kappa shape index (κ1) is 12.8. The van der Waals surface area contributed by atoms with Gasteiger partial charge in [-0.15, -0.1) is 0 Å². The third kappa shape index (κ3) is 3.12. The maximum atomic E-state index is 5.84. The van der Waals surface area contributed by atoms with Gasteiger partial charge in [0.25, 0.3) is 0 Å². The van der Waals surface area contributed by atoms with Crippen molar-refractivity contribution in [2.24, 2.45) is 11.3 Å². The molecule has 0 bridgehead atoms. The topological polar surface area (TPSA) is 50.9 Å². The minimum absolute atomic E-state index is 0.251. The third-order valence-electron chi connectivity index (χ3n) is 3.43. The van der Waals surface area contributed by atoms with Crippen LogP contribution in [0.5, 0.6) is 0 Å². The molecular formula is C13H23N3. The lowest BCUT2D eigenvalue weighted by atomic mass is 9.81. The number of hydrogen-bond acceptors (Lipinski definition) is 3. The Hall–Kier alpha value is -1.25. The summed E-state index contributed by atoms with van der Waals surface area (Å²) in [6.07, 6.45) is 1.81. The van der Waals surface area contributed by atoms with Crippen molar-refractivity contribution in [1.29, 1.82) is 0 Å². The van der Waals surface area contributed by atoms with E-state index < -0.39 is 0 Å². The summed E-state index contributed by atoms with van der Waals surface area (Å²) in [6.45, 7) is 11.8. The van der Waals surface area contributed by atoms with Crippen LogP contribution < -0.4 is 11.1 Å². The van der Waals surface area contributed by atoms with Crippen LogP contribution in [0.2, 0.25) is 0 Å². The summed E-state index contributed by atoms with van der Waals surface area (Å²) in [7, 11) is 0. The van der Waals surface area contributed by atoms with Crippen LogP contribution in [0.1, 0.15) is 33.3 Å². The smallest absolute Gasteiger partial charge is 0.127 e. The molecule has 0 spiro atoms. The van der Waals surface area contributed by atoms with Gasteiger partial charge >= 0.3 is 0 Å². The molecule has 0 fully saturated rings. The summed E-state index contributed by atoms with van der Waals surface area (Å²) in [6, 6.07) is 1.89. The van der Waals surface area contributed by atoms with Crippen molar-refractivity contribution in [2.45, 2.75) is 34.6 Å².